The minimum Gasteiger partial charge on any atom is -0.476 e. The normalized spacial score (nSPS) is 18.3. The Morgan fingerprint density at radius 2 is 2.24 bits per heavy atom. The summed E-state index contributed by atoms with van der Waals surface area (Å²) in [6.07, 6.45) is 3.37. The average Bonchev–Trinajstić information content (AvgIpc) is 3.05. The Morgan fingerprint density at radius 1 is 1.44 bits per heavy atom. The van der Waals surface area contributed by atoms with Gasteiger partial charge in [-0.25, -0.2) is 13.9 Å². The van der Waals surface area contributed by atoms with Crippen molar-refractivity contribution in [2.75, 3.05) is 32.1 Å². The molecule has 0 saturated carbocycles. The van der Waals surface area contributed by atoms with Crippen LogP contribution in [0.15, 0.2) is 24.4 Å². The zero-order valence-electron chi connectivity index (χ0n) is 14.4. The van der Waals surface area contributed by atoms with Crippen molar-refractivity contribution in [2.24, 2.45) is 0 Å². The summed E-state index contributed by atoms with van der Waals surface area (Å²) in [5.74, 6) is -1.31. The van der Waals surface area contributed by atoms with E-state index in [-0.39, 0.29) is 17.6 Å². The molecule has 2 aromatic rings. The Morgan fingerprint density at radius 3 is 2.92 bits per heavy atom. The topological polar surface area (TPSA) is 74.5 Å². The molecule has 1 fully saturated rings. The molecule has 1 aliphatic heterocycles. The third-order valence-electron chi connectivity index (χ3n) is 4.50. The lowest BCUT2D eigenvalue weighted by Crippen LogP contribution is -2.36. The van der Waals surface area contributed by atoms with Crippen LogP contribution in [0.1, 0.15) is 34.9 Å². The summed E-state index contributed by atoms with van der Waals surface area (Å²) in [4.78, 5) is 15.2. The summed E-state index contributed by atoms with van der Waals surface area (Å²) in [6.45, 7) is 2.29. The van der Waals surface area contributed by atoms with Gasteiger partial charge in [-0.1, -0.05) is 5.21 Å². The molecule has 1 atom stereocenters. The maximum Gasteiger partial charge on any atom is 0.358 e. The molecule has 1 aliphatic rings. The number of hydrogen-bond acceptors (Lipinski definition) is 5. The lowest BCUT2D eigenvalue weighted by Gasteiger charge is -2.33. The lowest BCUT2D eigenvalue weighted by atomic mass is 10.0. The first-order valence-electron chi connectivity index (χ1n) is 8.27. The van der Waals surface area contributed by atoms with E-state index >= 15 is 0 Å². The van der Waals surface area contributed by atoms with Crippen molar-refractivity contribution in [1.82, 2.24) is 19.9 Å². The largest absolute Gasteiger partial charge is 0.476 e. The van der Waals surface area contributed by atoms with Crippen molar-refractivity contribution in [3.63, 3.8) is 0 Å². The van der Waals surface area contributed by atoms with E-state index in [1.165, 1.54) is 12.3 Å². The number of nitrogens with zero attached hydrogens (tertiary/aromatic N) is 5. The van der Waals surface area contributed by atoms with Gasteiger partial charge in [-0.15, -0.1) is 5.10 Å². The highest BCUT2D eigenvalue weighted by Gasteiger charge is 2.24. The second-order valence-corrected chi connectivity index (χ2v) is 6.59. The van der Waals surface area contributed by atoms with Crippen LogP contribution in [0.2, 0.25) is 0 Å². The third-order valence-corrected chi connectivity index (χ3v) is 4.50. The van der Waals surface area contributed by atoms with Crippen LogP contribution in [0.25, 0.3) is 0 Å². The predicted octanol–water partition coefficient (Wildman–Crippen LogP) is 2.02. The van der Waals surface area contributed by atoms with Crippen LogP contribution in [0.3, 0.4) is 0 Å². The number of rotatable bonds is 5. The Labute approximate surface area is 145 Å². The number of carboxylic acid groups (broad SMARTS) is 1. The van der Waals surface area contributed by atoms with E-state index in [0.29, 0.717) is 6.54 Å². The average molecular weight is 347 g/mol. The predicted molar refractivity (Wildman–Crippen MR) is 91.3 cm³/mol. The van der Waals surface area contributed by atoms with Gasteiger partial charge in [-0.3, -0.25) is 4.90 Å². The molecule has 0 bridgehead atoms. The molecule has 134 valence electrons. The van der Waals surface area contributed by atoms with Gasteiger partial charge in [0.05, 0.1) is 12.2 Å². The molecule has 1 aromatic heterocycles. The first-order valence-corrected chi connectivity index (χ1v) is 8.27. The Balaban J connectivity index is 1.73. The molecular formula is C17H22FN5O2. The summed E-state index contributed by atoms with van der Waals surface area (Å²) in [6, 6.07) is 4.92. The number of piperidine rings is 1. The van der Waals surface area contributed by atoms with Gasteiger partial charge in [0.2, 0.25) is 0 Å². The zero-order chi connectivity index (χ0) is 18.0. The van der Waals surface area contributed by atoms with E-state index in [1.807, 2.05) is 19.0 Å². The van der Waals surface area contributed by atoms with Crippen molar-refractivity contribution in [3.05, 3.63) is 41.5 Å². The number of anilines is 1. The minimum atomic E-state index is -1.07. The number of carboxylic acids is 1. The Bertz CT molecular complexity index is 761. The van der Waals surface area contributed by atoms with E-state index < -0.39 is 5.97 Å². The van der Waals surface area contributed by atoms with E-state index in [4.69, 9.17) is 5.11 Å². The summed E-state index contributed by atoms with van der Waals surface area (Å²) < 4.78 is 15.3. The van der Waals surface area contributed by atoms with Gasteiger partial charge >= 0.3 is 5.97 Å². The van der Waals surface area contributed by atoms with Crippen LogP contribution in [0, 0.1) is 5.82 Å². The highest BCUT2D eigenvalue weighted by molar-refractivity contribution is 5.84. The molecule has 0 radical (unpaired) electrons. The van der Waals surface area contributed by atoms with Gasteiger partial charge < -0.3 is 10.0 Å². The van der Waals surface area contributed by atoms with E-state index in [0.717, 1.165) is 37.2 Å². The fourth-order valence-electron chi connectivity index (χ4n) is 3.30. The first-order chi connectivity index (χ1) is 11.9. The summed E-state index contributed by atoms with van der Waals surface area (Å²) in [5, 5.41) is 16.6. The van der Waals surface area contributed by atoms with Gasteiger partial charge in [-0.05, 0) is 43.1 Å². The van der Waals surface area contributed by atoms with Crippen LogP contribution in [0.4, 0.5) is 10.1 Å². The van der Waals surface area contributed by atoms with Crippen molar-refractivity contribution < 1.29 is 14.3 Å². The molecule has 1 saturated heterocycles. The van der Waals surface area contributed by atoms with Crippen LogP contribution >= 0.6 is 0 Å². The van der Waals surface area contributed by atoms with Crippen LogP contribution in [-0.2, 0) is 6.54 Å². The molecule has 1 N–H and O–H groups in total. The third kappa shape index (κ3) is 3.96. The molecule has 8 heteroatoms. The van der Waals surface area contributed by atoms with Crippen molar-refractivity contribution in [1.29, 1.82) is 0 Å². The SMILES string of the molecule is CN(C)c1ccc(F)cc1CN1CCCC(n2cc(C(=O)O)nn2)C1. The van der Waals surface area contributed by atoms with Crippen LogP contribution < -0.4 is 4.90 Å². The number of hydrogen-bond donors (Lipinski definition) is 1. The minimum absolute atomic E-state index is 0.0443. The Hall–Kier alpha value is -2.48. The smallest absolute Gasteiger partial charge is 0.358 e. The van der Waals surface area contributed by atoms with E-state index in [1.54, 1.807) is 16.8 Å². The second kappa shape index (κ2) is 7.18. The second-order valence-electron chi connectivity index (χ2n) is 6.59. The van der Waals surface area contributed by atoms with Gasteiger partial charge in [0.25, 0.3) is 0 Å². The van der Waals surface area contributed by atoms with Crippen molar-refractivity contribution >= 4 is 11.7 Å². The Kier molecular flexibility index (Phi) is 4.98. The monoisotopic (exact) mass is 347 g/mol. The molecule has 2 heterocycles. The van der Waals surface area contributed by atoms with Gasteiger partial charge in [0, 0.05) is 32.9 Å². The highest BCUT2D eigenvalue weighted by Crippen LogP contribution is 2.26. The number of likely N-dealkylation sites (tertiary alicyclic amines) is 1. The maximum atomic E-state index is 13.7. The molecule has 7 nitrogen and oxygen atoms in total. The van der Waals surface area contributed by atoms with Crippen molar-refractivity contribution in [3.8, 4) is 0 Å². The number of aromatic nitrogens is 3. The van der Waals surface area contributed by atoms with Crippen LogP contribution in [0.5, 0.6) is 0 Å². The molecule has 1 aromatic carbocycles. The highest BCUT2D eigenvalue weighted by atomic mass is 19.1. The van der Waals surface area contributed by atoms with Crippen molar-refractivity contribution in [2.45, 2.75) is 25.4 Å². The fraction of sp³-hybridized carbons (Fsp3) is 0.471. The van der Waals surface area contributed by atoms with Gasteiger partial charge in [0.15, 0.2) is 5.69 Å². The van der Waals surface area contributed by atoms with E-state index in [2.05, 4.69) is 15.2 Å². The standard InChI is InChI=1S/C17H22FN5O2/c1-21(2)16-6-5-13(18)8-12(16)9-22-7-3-4-14(10-22)23-11-15(17(24)25)19-20-23/h5-6,8,11,14H,3-4,7,9-10H2,1-2H3,(H,24,25). The maximum absolute atomic E-state index is 13.7. The molecular weight excluding hydrogens is 325 g/mol. The van der Waals surface area contributed by atoms with Gasteiger partial charge in [0.1, 0.15) is 5.82 Å². The molecule has 3 rings (SSSR count). The zero-order valence-corrected chi connectivity index (χ0v) is 14.4. The molecule has 1 unspecified atom stereocenters. The number of aromatic carboxylic acids is 1. The summed E-state index contributed by atoms with van der Waals surface area (Å²) >= 11 is 0. The molecule has 0 amide bonds. The van der Waals surface area contributed by atoms with Crippen LogP contribution in [-0.4, -0.2) is 58.2 Å². The quantitative estimate of drug-likeness (QED) is 0.892. The summed E-state index contributed by atoms with van der Waals surface area (Å²) in [5.41, 5.74) is 1.89. The fourth-order valence-corrected chi connectivity index (χ4v) is 3.30. The first kappa shape index (κ1) is 17.3. The molecule has 0 spiro atoms. The number of halogens is 1. The number of carbonyl (C=O) groups is 1. The summed E-state index contributed by atoms with van der Waals surface area (Å²) in [7, 11) is 3.89. The number of benzene rings is 1. The molecule has 25 heavy (non-hydrogen) atoms. The lowest BCUT2D eigenvalue weighted by molar-refractivity contribution is 0.0690. The van der Waals surface area contributed by atoms with E-state index in [9.17, 15) is 9.18 Å². The molecule has 0 aliphatic carbocycles. The van der Waals surface area contributed by atoms with Gasteiger partial charge in [-0.2, -0.15) is 0 Å².